The summed E-state index contributed by atoms with van der Waals surface area (Å²) in [6.45, 7) is 0. The Morgan fingerprint density at radius 3 is 2.33 bits per heavy atom. The van der Waals surface area contributed by atoms with Crippen LogP contribution in [0.5, 0.6) is 0 Å². The maximum atomic E-state index is 12.0. The summed E-state index contributed by atoms with van der Waals surface area (Å²) in [5.41, 5.74) is 3.43. The Hall–Kier alpha value is -3.45. The molecule has 0 radical (unpaired) electrons. The molecule has 0 fully saturated rings. The van der Waals surface area contributed by atoms with Gasteiger partial charge < -0.3 is 0 Å². The molecule has 0 saturated heterocycles. The number of nitro groups is 1. The summed E-state index contributed by atoms with van der Waals surface area (Å²) >= 11 is 1.46. The van der Waals surface area contributed by atoms with E-state index >= 15 is 0 Å². The van der Waals surface area contributed by atoms with Gasteiger partial charge in [0.25, 0.3) is 11.6 Å². The number of nitro benzene ring substituents is 1. The lowest BCUT2D eigenvalue weighted by Gasteiger charge is -2.06. The van der Waals surface area contributed by atoms with Crippen molar-refractivity contribution in [1.29, 1.82) is 0 Å². The summed E-state index contributed by atoms with van der Waals surface area (Å²) < 4.78 is 0. The number of carbonyl (C=O) groups is 1. The van der Waals surface area contributed by atoms with Gasteiger partial charge in [-0.25, -0.2) is 5.43 Å². The number of hydrazone groups is 1. The summed E-state index contributed by atoms with van der Waals surface area (Å²) in [5, 5.41) is 15.0. The van der Waals surface area contributed by atoms with Crippen molar-refractivity contribution in [3.05, 3.63) is 100 Å². The summed E-state index contributed by atoms with van der Waals surface area (Å²) in [6, 6.07) is 22.9. The van der Waals surface area contributed by atoms with E-state index in [2.05, 4.69) is 10.5 Å². The second-order valence-corrected chi connectivity index (χ2v) is 6.57. The van der Waals surface area contributed by atoms with Gasteiger partial charge in [-0.2, -0.15) is 5.10 Å². The highest BCUT2D eigenvalue weighted by molar-refractivity contribution is 7.99. The minimum atomic E-state index is -0.461. The van der Waals surface area contributed by atoms with Crippen LogP contribution in [0.15, 0.2) is 93.8 Å². The quantitative estimate of drug-likeness (QED) is 0.389. The van der Waals surface area contributed by atoms with E-state index in [-0.39, 0.29) is 11.6 Å². The molecule has 0 aliphatic heterocycles. The predicted octanol–water partition coefficient (Wildman–Crippen LogP) is 4.51. The number of hydrogen-bond acceptors (Lipinski definition) is 5. The molecule has 3 rings (SSSR count). The fourth-order valence-corrected chi connectivity index (χ4v) is 3.19. The van der Waals surface area contributed by atoms with Gasteiger partial charge in [0.2, 0.25) is 0 Å². The number of carbonyl (C=O) groups excluding carboxylic acids is 1. The third-order valence-electron chi connectivity index (χ3n) is 3.58. The molecule has 3 aromatic carbocycles. The van der Waals surface area contributed by atoms with Crippen LogP contribution in [-0.2, 0) is 0 Å². The number of benzene rings is 3. The third-order valence-corrected chi connectivity index (χ3v) is 4.68. The molecule has 0 aromatic heterocycles. The van der Waals surface area contributed by atoms with Gasteiger partial charge in [0.05, 0.1) is 11.1 Å². The summed E-state index contributed by atoms with van der Waals surface area (Å²) in [5.74, 6) is -0.352. The molecule has 0 spiro atoms. The van der Waals surface area contributed by atoms with Crippen LogP contribution >= 0.6 is 11.8 Å². The van der Waals surface area contributed by atoms with Crippen LogP contribution in [-0.4, -0.2) is 17.0 Å². The maximum absolute atomic E-state index is 12.0. The topological polar surface area (TPSA) is 84.6 Å². The van der Waals surface area contributed by atoms with E-state index in [9.17, 15) is 14.9 Å². The Morgan fingerprint density at radius 2 is 1.67 bits per heavy atom. The largest absolute Gasteiger partial charge is 0.271 e. The molecular weight excluding hydrogens is 362 g/mol. The summed E-state index contributed by atoms with van der Waals surface area (Å²) in [6.07, 6.45) is 1.42. The van der Waals surface area contributed by atoms with Gasteiger partial charge in [0, 0.05) is 33.1 Å². The van der Waals surface area contributed by atoms with Crippen LogP contribution in [0.1, 0.15) is 15.9 Å². The van der Waals surface area contributed by atoms with E-state index in [1.807, 2.05) is 36.4 Å². The smallest absolute Gasteiger partial charge is 0.267 e. The summed E-state index contributed by atoms with van der Waals surface area (Å²) in [4.78, 5) is 24.5. The minimum Gasteiger partial charge on any atom is -0.267 e. The van der Waals surface area contributed by atoms with E-state index in [1.54, 1.807) is 30.3 Å². The second kappa shape index (κ2) is 8.77. The fraction of sp³-hybridized carbons (Fsp3) is 0. The molecule has 0 saturated carbocycles. The SMILES string of the molecule is O=C(N/N=C/c1cc([N+](=O)[O-])ccc1Sc1ccccc1)c1ccccc1. The molecule has 134 valence electrons. The lowest BCUT2D eigenvalue weighted by atomic mass is 10.2. The van der Waals surface area contributed by atoms with Gasteiger partial charge in [-0.3, -0.25) is 14.9 Å². The van der Waals surface area contributed by atoms with Crippen molar-refractivity contribution in [3.63, 3.8) is 0 Å². The van der Waals surface area contributed by atoms with Crippen molar-refractivity contribution >= 4 is 29.6 Å². The van der Waals surface area contributed by atoms with Crippen LogP contribution < -0.4 is 5.43 Å². The van der Waals surface area contributed by atoms with Crippen molar-refractivity contribution in [2.24, 2.45) is 5.10 Å². The summed E-state index contributed by atoms with van der Waals surface area (Å²) in [7, 11) is 0. The first kappa shape index (κ1) is 18.3. The average Bonchev–Trinajstić information content (AvgIpc) is 2.70. The molecule has 1 amide bonds. The number of nitrogens with one attached hydrogen (secondary N) is 1. The molecule has 0 atom stereocenters. The molecule has 6 nitrogen and oxygen atoms in total. The highest BCUT2D eigenvalue weighted by Crippen LogP contribution is 2.31. The molecule has 0 bridgehead atoms. The van der Waals surface area contributed by atoms with Crippen molar-refractivity contribution < 1.29 is 9.72 Å². The van der Waals surface area contributed by atoms with E-state index in [0.717, 1.165) is 9.79 Å². The van der Waals surface area contributed by atoms with E-state index in [1.165, 1.54) is 30.1 Å². The first-order valence-corrected chi connectivity index (χ1v) is 8.85. The monoisotopic (exact) mass is 377 g/mol. The van der Waals surface area contributed by atoms with Crippen LogP contribution in [0.3, 0.4) is 0 Å². The van der Waals surface area contributed by atoms with Crippen molar-refractivity contribution in [2.45, 2.75) is 9.79 Å². The zero-order valence-electron chi connectivity index (χ0n) is 14.1. The molecule has 0 aliphatic rings. The normalized spacial score (nSPS) is 10.7. The number of hydrogen-bond donors (Lipinski definition) is 1. The number of rotatable bonds is 6. The Bertz CT molecular complexity index is 976. The van der Waals surface area contributed by atoms with Crippen molar-refractivity contribution in [2.75, 3.05) is 0 Å². The van der Waals surface area contributed by atoms with Crippen LogP contribution in [0.2, 0.25) is 0 Å². The number of nitrogens with zero attached hydrogens (tertiary/aromatic N) is 2. The van der Waals surface area contributed by atoms with Gasteiger partial charge in [-0.1, -0.05) is 48.2 Å². The lowest BCUT2D eigenvalue weighted by Crippen LogP contribution is -2.17. The van der Waals surface area contributed by atoms with E-state index in [0.29, 0.717) is 11.1 Å². The van der Waals surface area contributed by atoms with Crippen molar-refractivity contribution in [3.8, 4) is 0 Å². The second-order valence-electron chi connectivity index (χ2n) is 5.46. The van der Waals surface area contributed by atoms with Gasteiger partial charge in [-0.15, -0.1) is 0 Å². The first-order valence-electron chi connectivity index (χ1n) is 8.03. The van der Waals surface area contributed by atoms with Gasteiger partial charge >= 0.3 is 0 Å². The lowest BCUT2D eigenvalue weighted by molar-refractivity contribution is -0.384. The maximum Gasteiger partial charge on any atom is 0.271 e. The van der Waals surface area contributed by atoms with Crippen LogP contribution in [0.25, 0.3) is 0 Å². The molecular formula is C20H15N3O3S. The number of non-ortho nitro benzene ring substituents is 1. The molecule has 0 aliphatic carbocycles. The molecule has 1 N–H and O–H groups in total. The van der Waals surface area contributed by atoms with E-state index < -0.39 is 4.92 Å². The van der Waals surface area contributed by atoms with Crippen molar-refractivity contribution in [1.82, 2.24) is 5.43 Å². The van der Waals surface area contributed by atoms with Gasteiger partial charge in [0.15, 0.2) is 0 Å². The highest BCUT2D eigenvalue weighted by Gasteiger charge is 2.11. The van der Waals surface area contributed by atoms with Crippen LogP contribution in [0.4, 0.5) is 5.69 Å². The Kier molecular flexibility index (Phi) is 5.96. The Morgan fingerprint density at radius 1 is 1.00 bits per heavy atom. The standard InChI is InChI=1S/C20H15N3O3S/c24-20(15-7-3-1-4-8-15)22-21-14-16-13-17(23(25)26)11-12-19(16)27-18-9-5-2-6-10-18/h1-14H,(H,22,24)/b21-14+. The molecule has 3 aromatic rings. The van der Waals surface area contributed by atoms with Gasteiger partial charge in [0.1, 0.15) is 0 Å². The minimum absolute atomic E-state index is 0.0387. The first-order chi connectivity index (χ1) is 13.1. The average molecular weight is 377 g/mol. The molecule has 0 heterocycles. The molecule has 7 heteroatoms. The predicted molar refractivity (Wildman–Crippen MR) is 105 cm³/mol. The Labute approximate surface area is 160 Å². The Balaban J connectivity index is 1.82. The molecule has 0 unspecified atom stereocenters. The number of amides is 1. The zero-order chi connectivity index (χ0) is 19.1. The van der Waals surface area contributed by atoms with Crippen LogP contribution in [0, 0.1) is 10.1 Å². The molecule has 27 heavy (non-hydrogen) atoms. The highest BCUT2D eigenvalue weighted by atomic mass is 32.2. The zero-order valence-corrected chi connectivity index (χ0v) is 14.9. The van der Waals surface area contributed by atoms with E-state index in [4.69, 9.17) is 0 Å². The van der Waals surface area contributed by atoms with Gasteiger partial charge in [-0.05, 0) is 30.3 Å². The third kappa shape index (κ3) is 5.02. The fourth-order valence-electron chi connectivity index (χ4n) is 2.27.